The smallest absolute Gasteiger partial charge is 0.166 e. The van der Waals surface area contributed by atoms with Crippen LogP contribution in [0.3, 0.4) is 0 Å². The molecule has 78 valence electrons. The summed E-state index contributed by atoms with van der Waals surface area (Å²) < 4.78 is 0. The van der Waals surface area contributed by atoms with Gasteiger partial charge in [0.15, 0.2) is 5.16 Å². The van der Waals surface area contributed by atoms with Gasteiger partial charge >= 0.3 is 0 Å². The summed E-state index contributed by atoms with van der Waals surface area (Å²) in [5, 5.41) is 11.0. The number of rotatable bonds is 4. The van der Waals surface area contributed by atoms with Crippen LogP contribution < -0.4 is 5.11 Å². The van der Waals surface area contributed by atoms with Crippen LogP contribution in [-0.4, -0.2) is 21.7 Å². The maximum absolute atomic E-state index is 10.2. The maximum atomic E-state index is 10.2. The monoisotopic (exact) mass is 221 g/mol. The molecule has 1 heterocycles. The van der Waals surface area contributed by atoms with Gasteiger partial charge in [-0.3, -0.25) is 0 Å². The van der Waals surface area contributed by atoms with E-state index in [1.54, 1.807) is 0 Å². The van der Waals surface area contributed by atoms with Gasteiger partial charge < -0.3 is 14.9 Å². The molecule has 0 aliphatic heterocycles. The Kier molecular flexibility index (Phi) is 2.91. The number of carbonyl (C=O) groups excluding carboxylic acids is 1. The molecule has 4 nitrogen and oxygen atoms in total. The summed E-state index contributed by atoms with van der Waals surface area (Å²) >= 11 is 1.39. The molecular formula is C10H9N2O2S-. The van der Waals surface area contributed by atoms with E-state index in [2.05, 4.69) is 9.97 Å². The summed E-state index contributed by atoms with van der Waals surface area (Å²) in [4.78, 5) is 17.6. The van der Waals surface area contributed by atoms with Gasteiger partial charge in [-0.2, -0.15) is 0 Å². The van der Waals surface area contributed by atoms with Crippen LogP contribution in [-0.2, 0) is 4.79 Å². The highest BCUT2D eigenvalue weighted by Crippen LogP contribution is 2.19. The van der Waals surface area contributed by atoms with Crippen LogP contribution in [0.5, 0.6) is 0 Å². The van der Waals surface area contributed by atoms with E-state index in [4.69, 9.17) is 0 Å². The Balaban J connectivity index is 2.05. The number of nitrogens with zero attached hydrogens (tertiary/aromatic N) is 1. The first-order valence-electron chi connectivity index (χ1n) is 4.53. The summed E-state index contributed by atoms with van der Waals surface area (Å²) in [7, 11) is 0. The molecule has 0 radical (unpaired) electrons. The second kappa shape index (κ2) is 4.35. The number of carbonyl (C=O) groups is 1. The van der Waals surface area contributed by atoms with E-state index in [9.17, 15) is 9.90 Å². The Hall–Kier alpha value is -1.49. The van der Waals surface area contributed by atoms with Gasteiger partial charge in [0, 0.05) is 11.7 Å². The predicted octanol–water partition coefficient (Wildman–Crippen LogP) is 0.795. The lowest BCUT2D eigenvalue weighted by Gasteiger charge is -1.98. The largest absolute Gasteiger partial charge is 0.550 e. The zero-order chi connectivity index (χ0) is 10.7. The third kappa shape index (κ3) is 2.50. The average molecular weight is 221 g/mol. The SMILES string of the molecule is O=C([O-])CCSc1nc2ccccc2[nH]1. The highest BCUT2D eigenvalue weighted by Gasteiger charge is 2.01. The summed E-state index contributed by atoms with van der Waals surface area (Å²) in [6, 6.07) is 7.69. The second-order valence-electron chi connectivity index (χ2n) is 3.03. The van der Waals surface area contributed by atoms with Crippen molar-refractivity contribution >= 4 is 28.8 Å². The van der Waals surface area contributed by atoms with Gasteiger partial charge in [0.05, 0.1) is 11.0 Å². The molecule has 1 aromatic carbocycles. The molecule has 2 aromatic rings. The van der Waals surface area contributed by atoms with E-state index in [0.717, 1.165) is 16.2 Å². The van der Waals surface area contributed by atoms with Crippen molar-refractivity contribution in [3.05, 3.63) is 24.3 Å². The van der Waals surface area contributed by atoms with E-state index in [-0.39, 0.29) is 6.42 Å². The van der Waals surface area contributed by atoms with E-state index >= 15 is 0 Å². The molecule has 0 spiro atoms. The Morgan fingerprint density at radius 1 is 1.47 bits per heavy atom. The number of H-pyrrole nitrogens is 1. The number of carboxylic acid groups (broad SMARTS) is 1. The highest BCUT2D eigenvalue weighted by molar-refractivity contribution is 7.99. The lowest BCUT2D eigenvalue weighted by molar-refractivity contribution is -0.305. The molecule has 0 bridgehead atoms. The number of nitrogens with one attached hydrogen (secondary N) is 1. The van der Waals surface area contributed by atoms with Crippen LogP contribution >= 0.6 is 11.8 Å². The van der Waals surface area contributed by atoms with Gasteiger partial charge in [0.2, 0.25) is 0 Å². The second-order valence-corrected chi connectivity index (χ2v) is 4.11. The van der Waals surface area contributed by atoms with E-state index in [1.807, 2.05) is 24.3 Å². The molecule has 0 fully saturated rings. The average Bonchev–Trinajstić information content (AvgIpc) is 2.59. The summed E-state index contributed by atoms with van der Waals surface area (Å²) in [5.41, 5.74) is 1.86. The lowest BCUT2D eigenvalue weighted by atomic mass is 10.3. The lowest BCUT2D eigenvalue weighted by Crippen LogP contribution is -2.22. The number of para-hydroxylation sites is 2. The Labute approximate surface area is 90.7 Å². The van der Waals surface area contributed by atoms with Crippen molar-refractivity contribution in [2.24, 2.45) is 0 Å². The zero-order valence-electron chi connectivity index (χ0n) is 7.90. The number of aromatic nitrogens is 2. The summed E-state index contributed by atoms with van der Waals surface area (Å²) in [6.07, 6.45) is 0.0434. The van der Waals surface area contributed by atoms with Crippen LogP contribution in [0.25, 0.3) is 11.0 Å². The fourth-order valence-electron chi connectivity index (χ4n) is 1.23. The van der Waals surface area contributed by atoms with Crippen molar-refractivity contribution in [3.63, 3.8) is 0 Å². The zero-order valence-corrected chi connectivity index (χ0v) is 8.71. The Morgan fingerprint density at radius 3 is 3.00 bits per heavy atom. The number of fused-ring (bicyclic) bond motifs is 1. The minimum Gasteiger partial charge on any atom is -0.550 e. The van der Waals surface area contributed by atoms with Crippen molar-refractivity contribution in [2.45, 2.75) is 11.6 Å². The molecule has 1 aromatic heterocycles. The molecule has 0 saturated heterocycles. The molecule has 15 heavy (non-hydrogen) atoms. The molecule has 0 saturated carbocycles. The van der Waals surface area contributed by atoms with Crippen LogP contribution in [0.2, 0.25) is 0 Å². The molecule has 2 rings (SSSR count). The van der Waals surface area contributed by atoms with Crippen LogP contribution in [0.15, 0.2) is 29.4 Å². The van der Waals surface area contributed by atoms with Crippen LogP contribution in [0, 0.1) is 0 Å². The normalized spacial score (nSPS) is 10.7. The molecule has 0 aliphatic rings. The minimum absolute atomic E-state index is 0.0434. The fraction of sp³-hybridized carbons (Fsp3) is 0.200. The number of benzene rings is 1. The van der Waals surface area contributed by atoms with Gasteiger partial charge in [-0.15, -0.1) is 0 Å². The Bertz CT molecular complexity index is 448. The van der Waals surface area contributed by atoms with Gasteiger partial charge in [-0.1, -0.05) is 23.9 Å². The number of aromatic amines is 1. The number of hydrogen-bond donors (Lipinski definition) is 1. The first-order valence-corrected chi connectivity index (χ1v) is 5.51. The van der Waals surface area contributed by atoms with Gasteiger partial charge in [-0.25, -0.2) is 4.98 Å². The van der Waals surface area contributed by atoms with Crippen molar-refractivity contribution in [3.8, 4) is 0 Å². The van der Waals surface area contributed by atoms with Crippen LogP contribution in [0.4, 0.5) is 0 Å². The molecular weight excluding hydrogens is 212 g/mol. The number of carboxylic acids is 1. The standard InChI is InChI=1S/C10H10N2O2S/c13-9(14)5-6-15-10-11-7-3-1-2-4-8(7)12-10/h1-4H,5-6H2,(H,11,12)(H,13,14)/p-1. The minimum atomic E-state index is -1.03. The number of thioether (sulfide) groups is 1. The first-order chi connectivity index (χ1) is 7.25. The molecule has 0 atom stereocenters. The van der Waals surface area contributed by atoms with Gasteiger partial charge in [-0.05, 0) is 18.6 Å². The van der Waals surface area contributed by atoms with Crippen molar-refractivity contribution in [1.29, 1.82) is 0 Å². The number of hydrogen-bond acceptors (Lipinski definition) is 4. The predicted molar refractivity (Wildman–Crippen MR) is 56.4 cm³/mol. The van der Waals surface area contributed by atoms with Gasteiger partial charge in [0.1, 0.15) is 0 Å². The summed E-state index contributed by atoms with van der Waals surface area (Å²) in [5.74, 6) is -0.555. The molecule has 5 heteroatoms. The van der Waals surface area contributed by atoms with E-state index in [0.29, 0.717) is 5.75 Å². The van der Waals surface area contributed by atoms with Crippen molar-refractivity contribution < 1.29 is 9.90 Å². The maximum Gasteiger partial charge on any atom is 0.166 e. The topological polar surface area (TPSA) is 68.8 Å². The third-order valence-corrected chi connectivity index (χ3v) is 2.79. The molecule has 1 N–H and O–H groups in total. The summed E-state index contributed by atoms with van der Waals surface area (Å²) in [6.45, 7) is 0. The van der Waals surface area contributed by atoms with E-state index in [1.165, 1.54) is 11.8 Å². The first kappa shape index (κ1) is 10.0. The van der Waals surface area contributed by atoms with E-state index < -0.39 is 5.97 Å². The molecule has 0 aliphatic carbocycles. The number of aliphatic carboxylic acids is 1. The Morgan fingerprint density at radius 2 is 2.27 bits per heavy atom. The van der Waals surface area contributed by atoms with Crippen molar-refractivity contribution in [1.82, 2.24) is 9.97 Å². The van der Waals surface area contributed by atoms with Gasteiger partial charge in [0.25, 0.3) is 0 Å². The fourth-order valence-corrected chi connectivity index (χ4v) is 2.04. The molecule has 0 amide bonds. The van der Waals surface area contributed by atoms with Crippen LogP contribution in [0.1, 0.15) is 6.42 Å². The molecule has 0 unspecified atom stereocenters. The number of imidazole rings is 1. The van der Waals surface area contributed by atoms with Crippen molar-refractivity contribution in [2.75, 3.05) is 5.75 Å². The third-order valence-electron chi connectivity index (χ3n) is 1.91. The highest BCUT2D eigenvalue weighted by atomic mass is 32.2. The quantitative estimate of drug-likeness (QED) is 0.775.